The van der Waals surface area contributed by atoms with Gasteiger partial charge in [-0.3, -0.25) is 0 Å². The summed E-state index contributed by atoms with van der Waals surface area (Å²) in [5, 5.41) is 3.81. The van der Waals surface area contributed by atoms with Crippen LogP contribution in [0.15, 0.2) is 38.4 Å². The zero-order valence-electron chi connectivity index (χ0n) is 17.4. The van der Waals surface area contributed by atoms with Gasteiger partial charge in [0.25, 0.3) is 0 Å². The Morgan fingerprint density at radius 2 is 1.50 bits per heavy atom. The molecule has 0 heterocycles. The van der Waals surface area contributed by atoms with E-state index in [0.717, 1.165) is 35.5 Å². The lowest BCUT2D eigenvalue weighted by atomic mass is 10.0. The Morgan fingerprint density at radius 1 is 0.900 bits per heavy atom. The molecule has 1 aromatic carbocycles. The summed E-state index contributed by atoms with van der Waals surface area (Å²) in [7, 11) is 0. The van der Waals surface area contributed by atoms with Crippen molar-refractivity contribution in [2.24, 2.45) is 5.16 Å². The van der Waals surface area contributed by atoms with Crippen molar-refractivity contribution in [1.82, 2.24) is 0 Å². The predicted molar refractivity (Wildman–Crippen MR) is 125 cm³/mol. The van der Waals surface area contributed by atoms with Crippen LogP contribution in [0.5, 0.6) is 11.5 Å². The Hall–Kier alpha value is -1.27. The number of halogens is 4. The third kappa shape index (κ3) is 11.2. The van der Waals surface area contributed by atoms with E-state index in [2.05, 4.69) is 19.0 Å². The molecule has 0 unspecified atom stereocenters. The first-order chi connectivity index (χ1) is 14.4. The molecule has 1 aromatic rings. The van der Waals surface area contributed by atoms with Crippen LogP contribution in [0.3, 0.4) is 0 Å². The highest BCUT2D eigenvalue weighted by Gasteiger charge is 2.11. The van der Waals surface area contributed by atoms with Gasteiger partial charge in [-0.25, -0.2) is 0 Å². The second-order valence-electron chi connectivity index (χ2n) is 6.03. The van der Waals surface area contributed by atoms with Crippen molar-refractivity contribution in [3.63, 3.8) is 0 Å². The van der Waals surface area contributed by atoms with Gasteiger partial charge < -0.3 is 19.0 Å². The molecule has 30 heavy (non-hydrogen) atoms. The van der Waals surface area contributed by atoms with Crippen LogP contribution in [0, 0.1) is 0 Å². The number of aryl methyl sites for hydroxylation is 2. The van der Waals surface area contributed by atoms with Crippen LogP contribution >= 0.6 is 46.4 Å². The number of rotatable bonds is 13. The monoisotopic (exact) mass is 497 g/mol. The quantitative estimate of drug-likeness (QED) is 0.127. The van der Waals surface area contributed by atoms with Crippen LogP contribution in [-0.2, 0) is 22.4 Å². The molecule has 0 fully saturated rings. The standard InChI is InChI=1S/C21H27Cl4NO4/c1-4-16-13-18(28-11-7-19(22)23)14-17(5-2)21(16)29-10-6-9-27-15(3)26-30-12-8-20(24)25/h7-8,13-14H,4-6,9-12H2,1-3H3. The SMILES string of the molecule is CCc1cc(OCC=C(Cl)Cl)cc(CC)c1OCCCOC(C)=NOCC=C(Cl)Cl. The first kappa shape index (κ1) is 26.8. The normalized spacial score (nSPS) is 11.0. The highest BCUT2D eigenvalue weighted by atomic mass is 35.5. The Kier molecular flexibility index (Phi) is 13.8. The molecular formula is C21H27Cl4NO4. The van der Waals surface area contributed by atoms with Gasteiger partial charge in [-0.1, -0.05) is 65.4 Å². The summed E-state index contributed by atoms with van der Waals surface area (Å²) in [6.07, 6.45) is 5.44. The van der Waals surface area contributed by atoms with Gasteiger partial charge in [0.15, 0.2) is 0 Å². The van der Waals surface area contributed by atoms with Gasteiger partial charge in [-0.05, 0) is 48.3 Å². The summed E-state index contributed by atoms with van der Waals surface area (Å²) in [6.45, 7) is 7.34. The Balaban J connectivity index is 2.55. The van der Waals surface area contributed by atoms with Crippen LogP contribution in [0.1, 0.15) is 38.3 Å². The van der Waals surface area contributed by atoms with Gasteiger partial charge in [0.1, 0.15) is 33.7 Å². The summed E-state index contributed by atoms with van der Waals surface area (Å²) < 4.78 is 17.6. The van der Waals surface area contributed by atoms with Gasteiger partial charge in [0.05, 0.1) is 13.2 Å². The molecule has 0 amide bonds. The molecule has 0 spiro atoms. The number of benzene rings is 1. The Morgan fingerprint density at radius 3 is 2.07 bits per heavy atom. The van der Waals surface area contributed by atoms with E-state index in [1.165, 1.54) is 6.08 Å². The second kappa shape index (κ2) is 15.5. The van der Waals surface area contributed by atoms with Crippen LogP contribution in [0.25, 0.3) is 0 Å². The van der Waals surface area contributed by atoms with E-state index < -0.39 is 0 Å². The molecular weight excluding hydrogens is 472 g/mol. The molecule has 0 saturated heterocycles. The number of hydrogen-bond donors (Lipinski definition) is 0. The van der Waals surface area contributed by atoms with Crippen molar-refractivity contribution in [2.75, 3.05) is 26.4 Å². The summed E-state index contributed by atoms with van der Waals surface area (Å²) in [5.41, 5.74) is 2.17. The fourth-order valence-electron chi connectivity index (χ4n) is 2.43. The maximum atomic E-state index is 6.06. The maximum absolute atomic E-state index is 6.06. The van der Waals surface area contributed by atoms with Crippen LogP contribution in [0.2, 0.25) is 0 Å². The fraction of sp³-hybridized carbons (Fsp3) is 0.476. The Bertz CT molecular complexity index is 718. The average Bonchev–Trinajstić information content (AvgIpc) is 2.70. The lowest BCUT2D eigenvalue weighted by Gasteiger charge is -2.17. The Labute approximate surface area is 198 Å². The second-order valence-corrected chi connectivity index (χ2v) is 8.05. The highest BCUT2D eigenvalue weighted by molar-refractivity contribution is 6.56. The summed E-state index contributed by atoms with van der Waals surface area (Å²) in [6, 6.07) is 3.97. The van der Waals surface area contributed by atoms with E-state index in [0.29, 0.717) is 32.1 Å². The van der Waals surface area contributed by atoms with Gasteiger partial charge >= 0.3 is 0 Å². The van der Waals surface area contributed by atoms with Crippen molar-refractivity contribution in [2.45, 2.75) is 40.0 Å². The van der Waals surface area contributed by atoms with Crippen molar-refractivity contribution in [3.8, 4) is 11.5 Å². The maximum Gasteiger partial charge on any atom is 0.222 e. The zero-order chi connectivity index (χ0) is 22.4. The molecule has 0 aliphatic heterocycles. The lowest BCUT2D eigenvalue weighted by molar-refractivity contribution is 0.155. The molecule has 0 bridgehead atoms. The zero-order valence-corrected chi connectivity index (χ0v) is 20.4. The van der Waals surface area contributed by atoms with Gasteiger partial charge in [-0.2, -0.15) is 0 Å². The van der Waals surface area contributed by atoms with Crippen molar-refractivity contribution < 1.29 is 19.0 Å². The molecule has 0 aliphatic rings. The van der Waals surface area contributed by atoms with Crippen LogP contribution < -0.4 is 9.47 Å². The van der Waals surface area contributed by atoms with Crippen molar-refractivity contribution in [1.29, 1.82) is 0 Å². The minimum Gasteiger partial charge on any atom is -0.493 e. The van der Waals surface area contributed by atoms with Crippen molar-refractivity contribution >= 4 is 52.3 Å². The predicted octanol–water partition coefficient (Wildman–Crippen LogP) is 6.96. The van der Waals surface area contributed by atoms with E-state index in [-0.39, 0.29) is 15.6 Å². The highest BCUT2D eigenvalue weighted by Crippen LogP contribution is 2.31. The molecule has 168 valence electrons. The fourth-order valence-corrected chi connectivity index (χ4v) is 2.68. The van der Waals surface area contributed by atoms with Crippen LogP contribution in [-0.4, -0.2) is 32.3 Å². The van der Waals surface area contributed by atoms with Gasteiger partial charge in [0, 0.05) is 13.3 Å². The molecule has 0 aliphatic carbocycles. The molecule has 1 rings (SSSR count). The molecule has 0 atom stereocenters. The summed E-state index contributed by atoms with van der Waals surface area (Å²) in [4.78, 5) is 5.00. The third-order valence-electron chi connectivity index (χ3n) is 3.82. The molecule has 9 heteroatoms. The van der Waals surface area contributed by atoms with Gasteiger partial charge in [0.2, 0.25) is 5.90 Å². The lowest BCUT2D eigenvalue weighted by Crippen LogP contribution is -2.09. The number of hydrogen-bond acceptors (Lipinski definition) is 5. The van der Waals surface area contributed by atoms with E-state index in [4.69, 9.17) is 65.5 Å². The van der Waals surface area contributed by atoms with E-state index in [1.807, 2.05) is 12.1 Å². The van der Waals surface area contributed by atoms with Crippen LogP contribution in [0.4, 0.5) is 0 Å². The molecule has 0 N–H and O–H groups in total. The molecule has 0 radical (unpaired) electrons. The minimum atomic E-state index is 0.134. The topological polar surface area (TPSA) is 49.3 Å². The average molecular weight is 499 g/mol. The number of ether oxygens (including phenoxy) is 3. The first-order valence-electron chi connectivity index (χ1n) is 9.60. The van der Waals surface area contributed by atoms with E-state index >= 15 is 0 Å². The smallest absolute Gasteiger partial charge is 0.222 e. The third-order valence-corrected chi connectivity index (χ3v) is 4.43. The van der Waals surface area contributed by atoms with Gasteiger partial charge in [-0.15, -0.1) is 0 Å². The summed E-state index contributed by atoms with van der Waals surface area (Å²) >= 11 is 22.2. The van der Waals surface area contributed by atoms with E-state index in [1.54, 1.807) is 13.0 Å². The first-order valence-corrected chi connectivity index (χ1v) is 11.1. The summed E-state index contributed by atoms with van der Waals surface area (Å²) in [5.74, 6) is 2.09. The van der Waals surface area contributed by atoms with Crippen molar-refractivity contribution in [3.05, 3.63) is 44.4 Å². The molecule has 0 saturated carbocycles. The molecule has 0 aromatic heterocycles. The van der Waals surface area contributed by atoms with E-state index in [9.17, 15) is 0 Å². The molecule has 5 nitrogen and oxygen atoms in total. The minimum absolute atomic E-state index is 0.134. The largest absolute Gasteiger partial charge is 0.493 e. The number of oxime groups is 1. The number of nitrogens with zero attached hydrogens (tertiary/aromatic N) is 1.